The lowest BCUT2D eigenvalue weighted by Crippen LogP contribution is -2.30. The van der Waals surface area contributed by atoms with Crippen LogP contribution < -0.4 is 4.73 Å². The second-order valence-electron chi connectivity index (χ2n) is 4.19. The van der Waals surface area contributed by atoms with Crippen LogP contribution in [0.4, 0.5) is 0 Å². The van der Waals surface area contributed by atoms with Gasteiger partial charge in [-0.1, -0.05) is 35.3 Å². The van der Waals surface area contributed by atoms with Gasteiger partial charge in [0, 0.05) is 11.6 Å². The smallest absolute Gasteiger partial charge is 0.239 e. The van der Waals surface area contributed by atoms with E-state index in [0.717, 1.165) is 19.1 Å². The summed E-state index contributed by atoms with van der Waals surface area (Å²) in [6, 6.07) is 8.93. The molecule has 0 saturated heterocycles. The summed E-state index contributed by atoms with van der Waals surface area (Å²) in [6.45, 7) is 0. The van der Waals surface area contributed by atoms with Crippen molar-refractivity contribution in [3.63, 3.8) is 0 Å². The van der Waals surface area contributed by atoms with Crippen molar-refractivity contribution in [2.75, 3.05) is 0 Å². The number of aromatic nitrogens is 2. The molecule has 0 fully saturated rings. The second-order valence-corrected chi connectivity index (χ2v) is 6.06. The minimum absolute atomic E-state index is 0.360. The minimum atomic E-state index is 0.360. The van der Waals surface area contributed by atoms with Crippen molar-refractivity contribution in [3.05, 3.63) is 61.7 Å². The van der Waals surface area contributed by atoms with E-state index < -0.39 is 0 Å². The van der Waals surface area contributed by atoms with Gasteiger partial charge in [-0.3, -0.25) is 0 Å². The van der Waals surface area contributed by atoms with Crippen LogP contribution in [0.15, 0.2) is 42.7 Å². The Morgan fingerprint density at radius 1 is 1.20 bits per heavy atom. The highest BCUT2D eigenvalue weighted by molar-refractivity contribution is 14.1. The molecule has 100 valence electrons. The Morgan fingerprint density at radius 3 is 2.70 bits per heavy atom. The molecule has 20 heavy (non-hydrogen) atoms. The molecule has 3 nitrogen and oxygen atoms in total. The first-order chi connectivity index (χ1) is 9.58. The Bertz CT molecular complexity index is 824. The van der Waals surface area contributed by atoms with Crippen LogP contribution in [0, 0.1) is 8.78 Å². The summed E-state index contributed by atoms with van der Waals surface area (Å²) in [4.78, 5) is 4.07. The average molecular weight is 417 g/mol. The first-order valence-electron chi connectivity index (χ1n) is 5.70. The third-order valence-corrected chi connectivity index (χ3v) is 4.58. The number of fused-ring (bicyclic) bond motifs is 1. The molecule has 2 aromatic heterocycles. The van der Waals surface area contributed by atoms with Gasteiger partial charge >= 0.3 is 0 Å². The number of pyridine rings is 2. The molecule has 0 atom stereocenters. The maximum Gasteiger partial charge on any atom is 0.239 e. The van der Waals surface area contributed by atoms with Crippen molar-refractivity contribution >= 4 is 56.6 Å². The minimum Gasteiger partial charge on any atom is -0.618 e. The summed E-state index contributed by atoms with van der Waals surface area (Å²) in [5.41, 5.74) is 1.22. The normalized spacial score (nSPS) is 10.9. The van der Waals surface area contributed by atoms with E-state index in [0.29, 0.717) is 21.4 Å². The van der Waals surface area contributed by atoms with Gasteiger partial charge in [0.15, 0.2) is 6.20 Å². The van der Waals surface area contributed by atoms with Crippen LogP contribution >= 0.6 is 45.8 Å². The first kappa shape index (κ1) is 13.9. The van der Waals surface area contributed by atoms with Crippen molar-refractivity contribution in [3.8, 4) is 11.3 Å². The van der Waals surface area contributed by atoms with E-state index in [2.05, 4.69) is 27.6 Å². The standard InChI is InChI=1S/C14H7Cl2IN2O/c15-11-4-2-1-3-9(11)14-13(17)10-6-18-12(16)5-8(10)7-19(14)20/h1-7H. The second kappa shape index (κ2) is 5.35. The third kappa shape index (κ3) is 2.32. The lowest BCUT2D eigenvalue weighted by Gasteiger charge is -2.10. The largest absolute Gasteiger partial charge is 0.618 e. The molecular weight excluding hydrogens is 410 g/mol. The Morgan fingerprint density at radius 2 is 1.95 bits per heavy atom. The molecule has 0 radical (unpaired) electrons. The van der Waals surface area contributed by atoms with Crippen molar-refractivity contribution in [2.24, 2.45) is 0 Å². The lowest BCUT2D eigenvalue weighted by molar-refractivity contribution is -0.592. The highest BCUT2D eigenvalue weighted by Gasteiger charge is 2.20. The van der Waals surface area contributed by atoms with Crippen LogP contribution in [0.25, 0.3) is 22.0 Å². The van der Waals surface area contributed by atoms with E-state index in [1.807, 2.05) is 18.2 Å². The summed E-state index contributed by atoms with van der Waals surface area (Å²) in [5, 5.41) is 14.8. The topological polar surface area (TPSA) is 39.8 Å². The molecule has 3 rings (SSSR count). The predicted octanol–water partition coefficient (Wildman–Crippen LogP) is 4.45. The van der Waals surface area contributed by atoms with Gasteiger partial charge in [-0.15, -0.1) is 0 Å². The average Bonchev–Trinajstić information content (AvgIpc) is 2.40. The van der Waals surface area contributed by atoms with Gasteiger partial charge in [0.2, 0.25) is 5.69 Å². The quantitative estimate of drug-likeness (QED) is 0.254. The van der Waals surface area contributed by atoms with Gasteiger partial charge < -0.3 is 5.21 Å². The number of rotatable bonds is 1. The number of benzene rings is 1. The fraction of sp³-hybridized carbons (Fsp3) is 0. The van der Waals surface area contributed by atoms with Gasteiger partial charge in [-0.05, 0) is 40.8 Å². The number of halogens is 3. The van der Waals surface area contributed by atoms with Gasteiger partial charge in [-0.2, -0.15) is 4.73 Å². The summed E-state index contributed by atoms with van der Waals surface area (Å²) >= 11 is 14.2. The molecule has 0 aliphatic carbocycles. The third-order valence-electron chi connectivity index (χ3n) is 2.95. The summed E-state index contributed by atoms with van der Waals surface area (Å²) in [5.74, 6) is 0. The van der Waals surface area contributed by atoms with Gasteiger partial charge in [-0.25, -0.2) is 4.98 Å². The zero-order valence-electron chi connectivity index (χ0n) is 9.98. The monoisotopic (exact) mass is 416 g/mol. The van der Waals surface area contributed by atoms with Crippen molar-refractivity contribution < 1.29 is 4.73 Å². The Labute approximate surface area is 138 Å². The van der Waals surface area contributed by atoms with E-state index in [9.17, 15) is 5.21 Å². The maximum absolute atomic E-state index is 12.3. The number of hydrogen-bond donors (Lipinski definition) is 0. The molecule has 0 amide bonds. The Balaban J connectivity index is 2.38. The molecule has 0 saturated carbocycles. The summed E-state index contributed by atoms with van der Waals surface area (Å²) in [6.07, 6.45) is 3.16. The molecule has 0 bridgehead atoms. The Hall–Kier alpha value is -1.11. The van der Waals surface area contributed by atoms with Crippen LogP contribution in [-0.4, -0.2) is 4.98 Å². The molecular formula is C14H7Cl2IN2O. The SMILES string of the molecule is [O-][n+]1cc2cc(Cl)ncc2c(I)c1-c1ccccc1Cl. The van der Waals surface area contributed by atoms with E-state index in [4.69, 9.17) is 23.2 Å². The highest BCUT2D eigenvalue weighted by Crippen LogP contribution is 2.32. The molecule has 0 spiro atoms. The number of hydrogen-bond acceptors (Lipinski definition) is 2. The van der Waals surface area contributed by atoms with E-state index in [1.54, 1.807) is 18.3 Å². The van der Waals surface area contributed by atoms with Crippen LogP contribution in [-0.2, 0) is 0 Å². The fourth-order valence-electron chi connectivity index (χ4n) is 2.04. The highest BCUT2D eigenvalue weighted by atomic mass is 127. The maximum atomic E-state index is 12.3. The van der Waals surface area contributed by atoms with Crippen LogP contribution in [0.1, 0.15) is 0 Å². The molecule has 0 N–H and O–H groups in total. The molecule has 2 heterocycles. The fourth-order valence-corrected chi connectivity index (χ4v) is 3.41. The Kier molecular flexibility index (Phi) is 3.70. The van der Waals surface area contributed by atoms with Crippen LogP contribution in [0.5, 0.6) is 0 Å². The molecule has 1 aromatic carbocycles. The van der Waals surface area contributed by atoms with E-state index >= 15 is 0 Å². The lowest BCUT2D eigenvalue weighted by atomic mass is 10.1. The van der Waals surface area contributed by atoms with Gasteiger partial charge in [0.1, 0.15) is 5.15 Å². The molecule has 0 unspecified atom stereocenters. The van der Waals surface area contributed by atoms with Gasteiger partial charge in [0.25, 0.3) is 0 Å². The van der Waals surface area contributed by atoms with Crippen molar-refractivity contribution in [1.82, 2.24) is 4.98 Å². The van der Waals surface area contributed by atoms with E-state index in [-0.39, 0.29) is 0 Å². The van der Waals surface area contributed by atoms with Crippen molar-refractivity contribution in [1.29, 1.82) is 0 Å². The zero-order chi connectivity index (χ0) is 14.3. The molecule has 0 aliphatic rings. The van der Waals surface area contributed by atoms with Crippen LogP contribution in [0.2, 0.25) is 10.2 Å². The summed E-state index contributed by atoms with van der Waals surface area (Å²) < 4.78 is 1.62. The summed E-state index contributed by atoms with van der Waals surface area (Å²) in [7, 11) is 0. The molecule has 6 heteroatoms. The predicted molar refractivity (Wildman–Crippen MR) is 88.9 cm³/mol. The number of nitrogens with zero attached hydrogens (tertiary/aromatic N) is 2. The molecule has 3 aromatic rings. The van der Waals surface area contributed by atoms with E-state index in [1.165, 1.54) is 6.20 Å². The van der Waals surface area contributed by atoms with Crippen molar-refractivity contribution in [2.45, 2.75) is 0 Å². The van der Waals surface area contributed by atoms with Gasteiger partial charge in [0.05, 0.1) is 19.5 Å². The van der Waals surface area contributed by atoms with Crippen LogP contribution in [0.3, 0.4) is 0 Å². The zero-order valence-corrected chi connectivity index (χ0v) is 13.6. The molecule has 0 aliphatic heterocycles. The first-order valence-corrected chi connectivity index (χ1v) is 7.53.